The number of hydrogen-bond donors (Lipinski definition) is 3. The van der Waals surface area contributed by atoms with E-state index in [-0.39, 0.29) is 6.03 Å². The highest BCUT2D eigenvalue weighted by atomic mass is 16.2. The molecule has 0 aliphatic heterocycles. The Bertz CT molecular complexity index is 981. The minimum atomic E-state index is -0.249. The normalized spacial score (nSPS) is 13.5. The van der Waals surface area contributed by atoms with Crippen molar-refractivity contribution in [1.82, 2.24) is 25.5 Å². The van der Waals surface area contributed by atoms with Crippen LogP contribution in [0, 0.1) is 6.92 Å². The van der Waals surface area contributed by atoms with Crippen LogP contribution in [0.4, 0.5) is 10.5 Å². The van der Waals surface area contributed by atoms with E-state index in [2.05, 4.69) is 30.8 Å². The van der Waals surface area contributed by atoms with E-state index in [9.17, 15) is 4.79 Å². The molecule has 28 heavy (non-hydrogen) atoms. The van der Waals surface area contributed by atoms with Gasteiger partial charge in [0.2, 0.25) is 0 Å². The van der Waals surface area contributed by atoms with Crippen molar-refractivity contribution in [2.75, 3.05) is 5.32 Å². The molecule has 0 unspecified atom stereocenters. The van der Waals surface area contributed by atoms with Crippen LogP contribution in [0.25, 0.3) is 11.3 Å². The van der Waals surface area contributed by atoms with Gasteiger partial charge in [-0.25, -0.2) is 14.8 Å². The molecule has 7 nitrogen and oxygen atoms in total. The minimum Gasteiger partial charge on any atom is -0.332 e. The molecule has 0 saturated heterocycles. The van der Waals surface area contributed by atoms with Crippen molar-refractivity contribution in [1.29, 1.82) is 0 Å². The number of benzene rings is 1. The fourth-order valence-electron chi connectivity index (χ4n) is 3.59. The van der Waals surface area contributed by atoms with Gasteiger partial charge in [0.1, 0.15) is 5.82 Å². The zero-order chi connectivity index (χ0) is 19.3. The summed E-state index contributed by atoms with van der Waals surface area (Å²) in [5.74, 6) is 0.715. The number of carbonyl (C=O) groups is 1. The molecule has 1 aliphatic rings. The Kier molecular flexibility index (Phi) is 5.32. The molecule has 7 heteroatoms. The van der Waals surface area contributed by atoms with E-state index in [0.717, 1.165) is 29.8 Å². The van der Waals surface area contributed by atoms with Crippen LogP contribution in [0.1, 0.15) is 42.0 Å². The Morgan fingerprint density at radius 3 is 2.96 bits per heavy atom. The van der Waals surface area contributed by atoms with Gasteiger partial charge < -0.3 is 10.6 Å². The fraction of sp³-hybridized carbons (Fsp3) is 0.333. The van der Waals surface area contributed by atoms with Crippen LogP contribution in [-0.4, -0.2) is 26.2 Å². The summed E-state index contributed by atoms with van der Waals surface area (Å²) in [4.78, 5) is 20.9. The number of nitrogens with one attached hydrogen (secondary N) is 3. The van der Waals surface area contributed by atoms with Gasteiger partial charge in [0, 0.05) is 23.1 Å². The summed E-state index contributed by atoms with van der Waals surface area (Å²) in [7, 11) is 0. The maximum atomic E-state index is 12.4. The topological polar surface area (TPSA) is 95.6 Å². The molecule has 1 aliphatic carbocycles. The van der Waals surface area contributed by atoms with E-state index < -0.39 is 0 Å². The third-order valence-corrected chi connectivity index (χ3v) is 5.00. The average Bonchev–Trinajstić information content (AvgIpc) is 2.92. The molecule has 1 aromatic carbocycles. The molecule has 2 amide bonds. The van der Waals surface area contributed by atoms with Crippen molar-refractivity contribution in [3.63, 3.8) is 0 Å². The van der Waals surface area contributed by atoms with Crippen molar-refractivity contribution >= 4 is 11.7 Å². The van der Waals surface area contributed by atoms with E-state index in [0.29, 0.717) is 18.1 Å². The molecule has 0 fully saturated rings. The number of aryl methyl sites for hydroxylation is 2. The first kappa shape index (κ1) is 18.2. The van der Waals surface area contributed by atoms with Gasteiger partial charge in [0.15, 0.2) is 0 Å². The molecule has 0 bridgehead atoms. The van der Waals surface area contributed by atoms with Crippen molar-refractivity contribution in [3.8, 4) is 11.3 Å². The van der Waals surface area contributed by atoms with E-state index in [1.54, 1.807) is 6.20 Å². The Hall–Kier alpha value is -3.22. The van der Waals surface area contributed by atoms with Crippen LogP contribution in [0.2, 0.25) is 0 Å². The number of fused-ring (bicyclic) bond motifs is 1. The standard InChI is InChI=1S/C21H24N6O/c1-14-22-11-10-18(24-14)15-6-5-7-16(12-15)25-21(28)23-13-20-17-8-3-2-4-9-19(17)26-27-20/h5-7,10-12H,2-4,8-9,13H2,1H3,(H,26,27)(H2,23,25,28). The van der Waals surface area contributed by atoms with Crippen LogP contribution >= 0.6 is 0 Å². The second-order valence-electron chi connectivity index (χ2n) is 7.07. The van der Waals surface area contributed by atoms with Gasteiger partial charge in [-0.05, 0) is 56.4 Å². The lowest BCUT2D eigenvalue weighted by Crippen LogP contribution is -2.28. The number of carbonyl (C=O) groups excluding carboxylic acids is 1. The molecule has 0 atom stereocenters. The molecule has 3 N–H and O–H groups in total. The molecule has 0 radical (unpaired) electrons. The molecule has 2 aromatic heterocycles. The molecule has 0 saturated carbocycles. The SMILES string of the molecule is Cc1nccc(-c2cccc(NC(=O)NCc3n[nH]c4c3CCCCC4)c2)n1. The Morgan fingerprint density at radius 1 is 1.18 bits per heavy atom. The van der Waals surface area contributed by atoms with Crippen LogP contribution < -0.4 is 10.6 Å². The van der Waals surface area contributed by atoms with E-state index in [1.807, 2.05) is 37.3 Å². The zero-order valence-corrected chi connectivity index (χ0v) is 16.0. The second kappa shape index (κ2) is 8.21. The lowest BCUT2D eigenvalue weighted by Gasteiger charge is -2.09. The third kappa shape index (κ3) is 4.19. The number of anilines is 1. The number of nitrogens with zero attached hydrogens (tertiary/aromatic N) is 3. The van der Waals surface area contributed by atoms with Crippen LogP contribution in [0.3, 0.4) is 0 Å². The van der Waals surface area contributed by atoms with Gasteiger partial charge in [-0.15, -0.1) is 0 Å². The Morgan fingerprint density at radius 2 is 2.07 bits per heavy atom. The molecular formula is C21H24N6O. The van der Waals surface area contributed by atoms with E-state index >= 15 is 0 Å². The molecular weight excluding hydrogens is 352 g/mol. The van der Waals surface area contributed by atoms with Crippen LogP contribution in [0.5, 0.6) is 0 Å². The Balaban J connectivity index is 1.39. The summed E-state index contributed by atoms with van der Waals surface area (Å²) in [6.07, 6.45) is 7.44. The van der Waals surface area contributed by atoms with Crippen molar-refractivity contribution < 1.29 is 4.79 Å². The lowest BCUT2D eigenvalue weighted by molar-refractivity contribution is 0.251. The average molecular weight is 376 g/mol. The molecule has 144 valence electrons. The molecule has 3 aromatic rings. The largest absolute Gasteiger partial charge is 0.332 e. The number of aromatic nitrogens is 4. The highest BCUT2D eigenvalue weighted by Gasteiger charge is 2.16. The zero-order valence-electron chi connectivity index (χ0n) is 16.0. The third-order valence-electron chi connectivity index (χ3n) is 5.00. The smallest absolute Gasteiger partial charge is 0.319 e. The summed E-state index contributed by atoms with van der Waals surface area (Å²) in [5, 5.41) is 13.3. The van der Waals surface area contributed by atoms with E-state index in [1.165, 1.54) is 30.5 Å². The van der Waals surface area contributed by atoms with Crippen molar-refractivity contribution in [2.24, 2.45) is 0 Å². The van der Waals surface area contributed by atoms with Gasteiger partial charge in [-0.1, -0.05) is 18.6 Å². The van der Waals surface area contributed by atoms with Gasteiger partial charge >= 0.3 is 6.03 Å². The Labute approximate surface area is 164 Å². The summed E-state index contributed by atoms with van der Waals surface area (Å²) >= 11 is 0. The summed E-state index contributed by atoms with van der Waals surface area (Å²) in [6, 6.07) is 9.23. The van der Waals surface area contributed by atoms with Gasteiger partial charge in [0.05, 0.1) is 17.9 Å². The molecule has 2 heterocycles. The summed E-state index contributed by atoms with van der Waals surface area (Å²) in [5.41, 5.74) is 5.92. The first-order chi connectivity index (χ1) is 13.7. The monoisotopic (exact) mass is 376 g/mol. The fourth-order valence-corrected chi connectivity index (χ4v) is 3.59. The van der Waals surface area contributed by atoms with Crippen LogP contribution in [0.15, 0.2) is 36.5 Å². The minimum absolute atomic E-state index is 0.249. The number of aromatic amines is 1. The maximum absolute atomic E-state index is 12.4. The lowest BCUT2D eigenvalue weighted by atomic mass is 10.1. The first-order valence-corrected chi connectivity index (χ1v) is 9.69. The van der Waals surface area contributed by atoms with Crippen molar-refractivity contribution in [2.45, 2.75) is 45.6 Å². The predicted molar refractivity (Wildman–Crippen MR) is 108 cm³/mol. The van der Waals surface area contributed by atoms with E-state index in [4.69, 9.17) is 0 Å². The van der Waals surface area contributed by atoms with Gasteiger partial charge in [-0.2, -0.15) is 5.10 Å². The number of urea groups is 1. The number of rotatable bonds is 4. The highest BCUT2D eigenvalue weighted by molar-refractivity contribution is 5.90. The maximum Gasteiger partial charge on any atom is 0.319 e. The first-order valence-electron chi connectivity index (χ1n) is 9.69. The number of amides is 2. The van der Waals surface area contributed by atoms with Crippen LogP contribution in [-0.2, 0) is 19.4 Å². The second-order valence-corrected chi connectivity index (χ2v) is 7.07. The van der Waals surface area contributed by atoms with Gasteiger partial charge in [-0.3, -0.25) is 5.10 Å². The predicted octanol–water partition coefficient (Wildman–Crippen LogP) is 3.77. The summed E-state index contributed by atoms with van der Waals surface area (Å²) in [6.45, 7) is 2.28. The quantitative estimate of drug-likeness (QED) is 0.604. The number of hydrogen-bond acceptors (Lipinski definition) is 4. The summed E-state index contributed by atoms with van der Waals surface area (Å²) < 4.78 is 0. The molecule has 0 spiro atoms. The molecule has 4 rings (SSSR count). The number of H-pyrrole nitrogens is 1. The van der Waals surface area contributed by atoms with Crippen molar-refractivity contribution in [3.05, 3.63) is 59.3 Å². The highest BCUT2D eigenvalue weighted by Crippen LogP contribution is 2.22. The van der Waals surface area contributed by atoms with Gasteiger partial charge in [0.25, 0.3) is 0 Å².